The van der Waals surface area contributed by atoms with E-state index in [1.54, 1.807) is 24.3 Å². The zero-order valence-corrected chi connectivity index (χ0v) is 16.7. The van der Waals surface area contributed by atoms with E-state index in [1.807, 2.05) is 30.3 Å². The van der Waals surface area contributed by atoms with Gasteiger partial charge in [-0.1, -0.05) is 64.9 Å². The third-order valence-corrected chi connectivity index (χ3v) is 5.92. The molecule has 2 aromatic carbocycles. The van der Waals surface area contributed by atoms with Gasteiger partial charge in [0.2, 0.25) is 5.13 Å². The van der Waals surface area contributed by atoms with Crippen LogP contribution >= 0.6 is 46.3 Å². The number of carbonyl (C=O) groups excluding carboxylic acids is 1. The molecular weight excluding hydrogens is 423 g/mol. The Labute approximate surface area is 173 Å². The molecule has 1 saturated heterocycles. The van der Waals surface area contributed by atoms with Gasteiger partial charge in [-0.2, -0.15) is 4.99 Å². The Balaban J connectivity index is 1.55. The van der Waals surface area contributed by atoms with Gasteiger partial charge in [0.25, 0.3) is 5.91 Å². The highest BCUT2D eigenvalue weighted by Gasteiger charge is 2.24. The zero-order chi connectivity index (χ0) is 18.8. The van der Waals surface area contributed by atoms with Crippen LogP contribution in [0.25, 0.3) is 16.6 Å². The highest BCUT2D eigenvalue weighted by molar-refractivity contribution is 8.18. The molecule has 1 aromatic heterocycles. The molecule has 1 amide bonds. The summed E-state index contributed by atoms with van der Waals surface area (Å²) in [5.41, 5.74) is 1.68. The number of thioether (sulfide) groups is 1. The summed E-state index contributed by atoms with van der Waals surface area (Å²) < 4.78 is 0. The number of benzene rings is 2. The van der Waals surface area contributed by atoms with Crippen molar-refractivity contribution >= 4 is 68.6 Å². The summed E-state index contributed by atoms with van der Waals surface area (Å²) in [7, 11) is 0. The van der Waals surface area contributed by atoms with E-state index in [1.165, 1.54) is 23.1 Å². The summed E-state index contributed by atoms with van der Waals surface area (Å²) >= 11 is 14.6. The number of rotatable bonds is 3. The summed E-state index contributed by atoms with van der Waals surface area (Å²) in [6.45, 7) is 0. The molecule has 1 N–H and O–H groups in total. The van der Waals surface area contributed by atoms with Gasteiger partial charge in [-0.3, -0.25) is 4.79 Å². The lowest BCUT2D eigenvalue weighted by atomic mass is 10.2. The first-order valence-corrected chi connectivity index (χ1v) is 10.1. The predicted molar refractivity (Wildman–Crippen MR) is 113 cm³/mol. The standard InChI is InChI=1S/C18H10Cl2N4OS2/c19-12-7-5-10(6-8-12)16-23-24-18(27-16)22-17-21-15(25)14(26-17)9-11-3-1-2-4-13(11)20/h1-9H,(H,21,22,24,25)/b14-9-. The maximum atomic E-state index is 12.2. The number of amides is 1. The van der Waals surface area contributed by atoms with Crippen LogP contribution in [0.4, 0.5) is 5.13 Å². The molecule has 1 fully saturated rings. The van der Waals surface area contributed by atoms with Crippen LogP contribution in [-0.4, -0.2) is 21.3 Å². The van der Waals surface area contributed by atoms with Crippen molar-refractivity contribution in [3.05, 3.63) is 69.0 Å². The molecule has 0 spiro atoms. The molecule has 0 bridgehead atoms. The Morgan fingerprint density at radius 2 is 1.81 bits per heavy atom. The first-order chi connectivity index (χ1) is 13.1. The van der Waals surface area contributed by atoms with Gasteiger partial charge in [0, 0.05) is 15.6 Å². The number of halogens is 2. The van der Waals surface area contributed by atoms with Gasteiger partial charge < -0.3 is 5.32 Å². The van der Waals surface area contributed by atoms with Crippen LogP contribution in [0.3, 0.4) is 0 Å². The number of carbonyl (C=O) groups is 1. The molecule has 4 rings (SSSR count). The highest BCUT2D eigenvalue weighted by Crippen LogP contribution is 2.32. The van der Waals surface area contributed by atoms with Crippen LogP contribution in [0, 0.1) is 0 Å². The van der Waals surface area contributed by atoms with Crippen molar-refractivity contribution in [1.29, 1.82) is 0 Å². The molecule has 1 aliphatic heterocycles. The molecule has 5 nitrogen and oxygen atoms in total. The van der Waals surface area contributed by atoms with Gasteiger partial charge in [-0.15, -0.1) is 10.2 Å². The fourth-order valence-electron chi connectivity index (χ4n) is 2.27. The van der Waals surface area contributed by atoms with Crippen molar-refractivity contribution in [2.24, 2.45) is 4.99 Å². The van der Waals surface area contributed by atoms with Gasteiger partial charge in [-0.05, 0) is 41.6 Å². The minimum Gasteiger partial charge on any atom is -0.300 e. The van der Waals surface area contributed by atoms with Crippen molar-refractivity contribution in [2.75, 3.05) is 0 Å². The SMILES string of the molecule is O=C1N/C(=N\c2nnc(-c3ccc(Cl)cc3)s2)S/C1=C\c1ccccc1Cl. The molecule has 9 heteroatoms. The van der Waals surface area contributed by atoms with Crippen molar-refractivity contribution in [3.8, 4) is 10.6 Å². The number of amidine groups is 1. The third kappa shape index (κ3) is 4.22. The summed E-state index contributed by atoms with van der Waals surface area (Å²) in [6, 6.07) is 14.7. The molecule has 3 aromatic rings. The van der Waals surface area contributed by atoms with Gasteiger partial charge >= 0.3 is 0 Å². The number of nitrogens with one attached hydrogen (secondary N) is 1. The van der Waals surface area contributed by atoms with Crippen LogP contribution in [0.2, 0.25) is 10.0 Å². The quantitative estimate of drug-likeness (QED) is 0.562. The van der Waals surface area contributed by atoms with Crippen LogP contribution in [0.15, 0.2) is 58.4 Å². The first kappa shape index (κ1) is 18.2. The van der Waals surface area contributed by atoms with E-state index in [0.717, 1.165) is 16.1 Å². The second-order valence-corrected chi connectivity index (χ2v) is 8.23. The lowest BCUT2D eigenvalue weighted by molar-refractivity contribution is -0.115. The topological polar surface area (TPSA) is 67.2 Å². The van der Waals surface area contributed by atoms with Gasteiger partial charge in [0.15, 0.2) is 5.17 Å². The molecule has 0 saturated carbocycles. The maximum Gasteiger partial charge on any atom is 0.264 e. The van der Waals surface area contributed by atoms with E-state index in [9.17, 15) is 4.79 Å². The smallest absolute Gasteiger partial charge is 0.264 e. The third-order valence-electron chi connectivity index (χ3n) is 3.55. The number of nitrogens with zero attached hydrogens (tertiary/aromatic N) is 3. The molecule has 0 radical (unpaired) electrons. The van der Waals surface area contributed by atoms with E-state index in [0.29, 0.717) is 25.2 Å². The predicted octanol–water partition coefficient (Wildman–Crippen LogP) is 5.40. The fraction of sp³-hybridized carbons (Fsp3) is 0. The van der Waals surface area contributed by atoms with Crippen LogP contribution in [-0.2, 0) is 4.79 Å². The van der Waals surface area contributed by atoms with Gasteiger partial charge in [0.05, 0.1) is 4.91 Å². The molecule has 2 heterocycles. The van der Waals surface area contributed by atoms with Crippen molar-refractivity contribution < 1.29 is 4.79 Å². The molecule has 134 valence electrons. The Morgan fingerprint density at radius 3 is 2.59 bits per heavy atom. The van der Waals surface area contributed by atoms with E-state index in [-0.39, 0.29) is 5.91 Å². The van der Waals surface area contributed by atoms with Gasteiger partial charge in [0.1, 0.15) is 5.01 Å². The average Bonchev–Trinajstić information content (AvgIpc) is 3.25. The van der Waals surface area contributed by atoms with E-state index in [2.05, 4.69) is 20.5 Å². The monoisotopic (exact) mass is 432 g/mol. The van der Waals surface area contributed by atoms with Crippen LogP contribution in [0.1, 0.15) is 5.56 Å². The average molecular weight is 433 g/mol. The second-order valence-electron chi connectivity index (χ2n) is 5.40. The lowest BCUT2D eigenvalue weighted by Crippen LogP contribution is -2.19. The van der Waals surface area contributed by atoms with Gasteiger partial charge in [-0.25, -0.2) is 0 Å². The van der Waals surface area contributed by atoms with E-state index < -0.39 is 0 Å². The molecule has 1 aliphatic rings. The Morgan fingerprint density at radius 1 is 1.04 bits per heavy atom. The van der Waals surface area contributed by atoms with Crippen molar-refractivity contribution in [1.82, 2.24) is 15.5 Å². The Bertz CT molecular complexity index is 1080. The summed E-state index contributed by atoms with van der Waals surface area (Å²) in [5, 5.41) is 13.8. The molecule has 0 aliphatic carbocycles. The number of aromatic nitrogens is 2. The number of hydrogen-bond acceptors (Lipinski definition) is 6. The Kier molecular flexibility index (Phi) is 5.27. The minimum atomic E-state index is -0.221. The largest absolute Gasteiger partial charge is 0.300 e. The van der Waals surface area contributed by atoms with Crippen LogP contribution in [0.5, 0.6) is 0 Å². The normalized spacial score (nSPS) is 16.9. The lowest BCUT2D eigenvalue weighted by Gasteiger charge is -1.97. The summed E-state index contributed by atoms with van der Waals surface area (Å²) in [5.74, 6) is -0.221. The van der Waals surface area contributed by atoms with Crippen molar-refractivity contribution in [2.45, 2.75) is 0 Å². The summed E-state index contributed by atoms with van der Waals surface area (Å²) in [4.78, 5) is 17.1. The minimum absolute atomic E-state index is 0.221. The molecular formula is C18H10Cl2N4OS2. The number of hydrogen-bond donors (Lipinski definition) is 1. The highest BCUT2D eigenvalue weighted by atomic mass is 35.5. The summed E-state index contributed by atoms with van der Waals surface area (Å²) in [6.07, 6.45) is 1.74. The Hall–Kier alpha value is -2.19. The van der Waals surface area contributed by atoms with Crippen molar-refractivity contribution in [3.63, 3.8) is 0 Å². The van der Waals surface area contributed by atoms with Crippen LogP contribution < -0.4 is 5.32 Å². The maximum absolute atomic E-state index is 12.2. The molecule has 0 unspecified atom stereocenters. The molecule has 0 atom stereocenters. The number of aliphatic imine (C=N–C) groups is 1. The zero-order valence-electron chi connectivity index (χ0n) is 13.5. The second kappa shape index (κ2) is 7.82. The first-order valence-electron chi connectivity index (χ1n) is 7.72. The fourth-order valence-corrected chi connectivity index (χ4v) is 4.19. The van der Waals surface area contributed by atoms with E-state index >= 15 is 0 Å². The molecule has 27 heavy (non-hydrogen) atoms. The van der Waals surface area contributed by atoms with E-state index in [4.69, 9.17) is 23.2 Å².